The molecule has 94 valence electrons. The first-order valence-electron chi connectivity index (χ1n) is 7.02. The van der Waals surface area contributed by atoms with E-state index in [9.17, 15) is 0 Å². The Morgan fingerprint density at radius 2 is 1.76 bits per heavy atom. The fourth-order valence-electron chi connectivity index (χ4n) is 2.86. The first kappa shape index (κ1) is 13.1. The van der Waals surface area contributed by atoms with E-state index in [4.69, 9.17) is 0 Å². The summed E-state index contributed by atoms with van der Waals surface area (Å²) in [5.41, 5.74) is 1.46. The second-order valence-electron chi connectivity index (χ2n) is 5.37. The predicted molar refractivity (Wildman–Crippen MR) is 78.7 cm³/mol. The summed E-state index contributed by atoms with van der Waals surface area (Å²) in [7, 11) is 0. The van der Waals surface area contributed by atoms with Gasteiger partial charge in [-0.25, -0.2) is 0 Å². The van der Waals surface area contributed by atoms with Crippen LogP contribution in [0.1, 0.15) is 50.5 Å². The minimum absolute atomic E-state index is 0.659. The number of hydrogen-bond acceptors (Lipinski definition) is 0. The fourth-order valence-corrected chi connectivity index (χ4v) is 3.50. The van der Waals surface area contributed by atoms with Crippen molar-refractivity contribution >= 4 is 15.9 Å². The smallest absolute Gasteiger partial charge is 0.0186 e. The molecule has 0 spiro atoms. The quantitative estimate of drug-likeness (QED) is 0.642. The molecule has 1 fully saturated rings. The third kappa shape index (κ3) is 4.83. The molecule has 0 radical (unpaired) electrons. The number of halogens is 1. The van der Waals surface area contributed by atoms with Crippen LogP contribution in [-0.2, 0) is 6.42 Å². The van der Waals surface area contributed by atoms with Crippen LogP contribution in [0, 0.1) is 5.92 Å². The molecule has 17 heavy (non-hydrogen) atoms. The molecule has 1 aliphatic rings. The van der Waals surface area contributed by atoms with E-state index < -0.39 is 0 Å². The molecule has 1 aliphatic carbocycles. The predicted octanol–water partition coefficient (Wildman–Crippen LogP) is 5.35. The summed E-state index contributed by atoms with van der Waals surface area (Å²) in [5, 5.41) is 0. The van der Waals surface area contributed by atoms with Crippen molar-refractivity contribution in [1.29, 1.82) is 0 Å². The van der Waals surface area contributed by atoms with Gasteiger partial charge in [0.1, 0.15) is 0 Å². The van der Waals surface area contributed by atoms with Crippen molar-refractivity contribution in [3.05, 3.63) is 35.9 Å². The summed E-state index contributed by atoms with van der Waals surface area (Å²) < 4.78 is 0. The SMILES string of the molecule is BrC(CCC1CCCCC1)Cc1ccccc1. The van der Waals surface area contributed by atoms with Gasteiger partial charge in [-0.3, -0.25) is 0 Å². The Morgan fingerprint density at radius 1 is 1.06 bits per heavy atom. The molecular weight excluding hydrogens is 272 g/mol. The van der Waals surface area contributed by atoms with Gasteiger partial charge in [0.05, 0.1) is 0 Å². The Hall–Kier alpha value is -0.300. The van der Waals surface area contributed by atoms with E-state index in [1.165, 1.54) is 56.9 Å². The lowest BCUT2D eigenvalue weighted by atomic mass is 9.85. The summed E-state index contributed by atoms with van der Waals surface area (Å²) in [6.07, 6.45) is 11.3. The molecule has 1 unspecified atom stereocenters. The molecule has 1 saturated carbocycles. The van der Waals surface area contributed by atoms with Gasteiger partial charge in [-0.2, -0.15) is 0 Å². The van der Waals surface area contributed by atoms with Crippen molar-refractivity contribution in [1.82, 2.24) is 0 Å². The molecule has 1 aromatic rings. The van der Waals surface area contributed by atoms with Crippen LogP contribution in [-0.4, -0.2) is 4.83 Å². The van der Waals surface area contributed by atoms with Crippen LogP contribution in [0.25, 0.3) is 0 Å². The van der Waals surface area contributed by atoms with Gasteiger partial charge in [0.2, 0.25) is 0 Å². The highest BCUT2D eigenvalue weighted by atomic mass is 79.9. The summed E-state index contributed by atoms with van der Waals surface area (Å²) in [5.74, 6) is 1.01. The average molecular weight is 295 g/mol. The first-order chi connectivity index (χ1) is 8.34. The summed E-state index contributed by atoms with van der Waals surface area (Å²) in [6.45, 7) is 0. The van der Waals surface area contributed by atoms with Crippen LogP contribution in [0.2, 0.25) is 0 Å². The summed E-state index contributed by atoms with van der Waals surface area (Å²) in [4.78, 5) is 0.659. The Labute approximate surface area is 114 Å². The maximum atomic E-state index is 3.84. The number of rotatable bonds is 5. The molecule has 0 nitrogen and oxygen atoms in total. The van der Waals surface area contributed by atoms with Crippen molar-refractivity contribution in [2.75, 3.05) is 0 Å². The van der Waals surface area contributed by atoms with Gasteiger partial charge in [0.15, 0.2) is 0 Å². The monoisotopic (exact) mass is 294 g/mol. The highest BCUT2D eigenvalue weighted by Gasteiger charge is 2.15. The molecule has 0 heterocycles. The normalized spacial score (nSPS) is 19.1. The zero-order valence-corrected chi connectivity index (χ0v) is 12.2. The second-order valence-corrected chi connectivity index (χ2v) is 6.66. The molecule has 1 aromatic carbocycles. The number of alkyl halides is 1. The van der Waals surface area contributed by atoms with Crippen molar-refractivity contribution in [3.63, 3.8) is 0 Å². The van der Waals surface area contributed by atoms with E-state index >= 15 is 0 Å². The Bertz CT molecular complexity index is 301. The van der Waals surface area contributed by atoms with Crippen LogP contribution < -0.4 is 0 Å². The molecule has 0 aromatic heterocycles. The lowest BCUT2D eigenvalue weighted by Crippen LogP contribution is -2.10. The number of hydrogen-bond donors (Lipinski definition) is 0. The highest BCUT2D eigenvalue weighted by Crippen LogP contribution is 2.29. The molecule has 0 N–H and O–H groups in total. The van der Waals surface area contributed by atoms with Crippen molar-refractivity contribution in [3.8, 4) is 0 Å². The Balaban J connectivity index is 1.68. The van der Waals surface area contributed by atoms with Crippen molar-refractivity contribution in [2.24, 2.45) is 5.92 Å². The molecule has 0 saturated heterocycles. The van der Waals surface area contributed by atoms with E-state index in [2.05, 4.69) is 46.3 Å². The minimum Gasteiger partial charge on any atom is -0.0887 e. The lowest BCUT2D eigenvalue weighted by molar-refractivity contribution is 0.331. The zero-order chi connectivity index (χ0) is 11.9. The van der Waals surface area contributed by atoms with Crippen LogP contribution >= 0.6 is 15.9 Å². The van der Waals surface area contributed by atoms with Crippen LogP contribution in [0.15, 0.2) is 30.3 Å². The van der Waals surface area contributed by atoms with Gasteiger partial charge in [0, 0.05) is 4.83 Å². The maximum Gasteiger partial charge on any atom is 0.0186 e. The van der Waals surface area contributed by atoms with Crippen LogP contribution in [0.5, 0.6) is 0 Å². The molecule has 1 heteroatoms. The van der Waals surface area contributed by atoms with Crippen molar-refractivity contribution in [2.45, 2.75) is 56.2 Å². The second kappa shape index (κ2) is 7.20. The minimum atomic E-state index is 0.659. The first-order valence-corrected chi connectivity index (χ1v) is 7.94. The molecular formula is C16H23Br. The van der Waals surface area contributed by atoms with Crippen LogP contribution in [0.3, 0.4) is 0 Å². The lowest BCUT2D eigenvalue weighted by Gasteiger charge is -2.22. The van der Waals surface area contributed by atoms with Gasteiger partial charge < -0.3 is 0 Å². The van der Waals surface area contributed by atoms with E-state index in [0.717, 1.165) is 5.92 Å². The van der Waals surface area contributed by atoms with E-state index in [-0.39, 0.29) is 0 Å². The van der Waals surface area contributed by atoms with E-state index in [0.29, 0.717) is 4.83 Å². The van der Waals surface area contributed by atoms with E-state index in [1.807, 2.05) is 0 Å². The molecule has 0 aliphatic heterocycles. The average Bonchev–Trinajstić information content (AvgIpc) is 2.39. The van der Waals surface area contributed by atoms with Gasteiger partial charge >= 0.3 is 0 Å². The van der Waals surface area contributed by atoms with Gasteiger partial charge in [-0.15, -0.1) is 0 Å². The highest BCUT2D eigenvalue weighted by molar-refractivity contribution is 9.09. The zero-order valence-electron chi connectivity index (χ0n) is 10.6. The topological polar surface area (TPSA) is 0 Å². The van der Waals surface area contributed by atoms with Gasteiger partial charge in [-0.05, 0) is 30.7 Å². The third-order valence-corrected chi connectivity index (χ3v) is 4.69. The fraction of sp³-hybridized carbons (Fsp3) is 0.625. The molecule has 0 amide bonds. The van der Waals surface area contributed by atoms with Gasteiger partial charge in [0.25, 0.3) is 0 Å². The van der Waals surface area contributed by atoms with Crippen molar-refractivity contribution < 1.29 is 0 Å². The summed E-state index contributed by atoms with van der Waals surface area (Å²) >= 11 is 3.84. The summed E-state index contributed by atoms with van der Waals surface area (Å²) in [6, 6.07) is 10.8. The maximum absolute atomic E-state index is 3.84. The number of benzene rings is 1. The molecule has 0 bridgehead atoms. The van der Waals surface area contributed by atoms with E-state index in [1.54, 1.807) is 0 Å². The molecule has 2 rings (SSSR count). The largest absolute Gasteiger partial charge is 0.0887 e. The third-order valence-electron chi connectivity index (χ3n) is 3.91. The Morgan fingerprint density at radius 3 is 2.47 bits per heavy atom. The standard InChI is InChI=1S/C16H23Br/c17-16(13-15-9-5-2-6-10-15)12-11-14-7-3-1-4-8-14/h2,5-6,9-10,14,16H,1,3-4,7-8,11-13H2. The van der Waals surface area contributed by atoms with Crippen LogP contribution in [0.4, 0.5) is 0 Å². The Kier molecular flexibility index (Phi) is 5.57. The van der Waals surface area contributed by atoms with Gasteiger partial charge in [-0.1, -0.05) is 78.4 Å². The molecule has 1 atom stereocenters.